The predicted molar refractivity (Wildman–Crippen MR) is 63.6 cm³/mol. The van der Waals surface area contributed by atoms with E-state index in [0.29, 0.717) is 0 Å². The van der Waals surface area contributed by atoms with Gasteiger partial charge in [0.05, 0.1) is 4.90 Å². The number of aliphatic carboxylic acids is 1. The number of rotatable bonds is 5. The number of nitrogens with one attached hydrogen (secondary N) is 2. The molecule has 98 valence electrons. The Kier molecular flexibility index (Phi) is 4.40. The third kappa shape index (κ3) is 3.82. The first-order valence-corrected chi connectivity index (χ1v) is 6.39. The van der Waals surface area contributed by atoms with Crippen molar-refractivity contribution in [1.29, 1.82) is 0 Å². The second-order valence-corrected chi connectivity index (χ2v) is 5.24. The summed E-state index contributed by atoms with van der Waals surface area (Å²) in [4.78, 5) is 21.5. The molecular weight excluding hydrogens is 260 g/mol. The van der Waals surface area contributed by atoms with Gasteiger partial charge in [0, 0.05) is 5.69 Å². The smallest absolute Gasteiger partial charge is 0.312 e. The van der Waals surface area contributed by atoms with Crippen LogP contribution in [0.1, 0.15) is 6.42 Å². The van der Waals surface area contributed by atoms with E-state index >= 15 is 0 Å². The zero-order valence-corrected chi connectivity index (χ0v) is 10.3. The highest BCUT2D eigenvalue weighted by atomic mass is 32.2. The van der Waals surface area contributed by atoms with Crippen LogP contribution in [0.5, 0.6) is 0 Å². The molecule has 7 nitrogen and oxygen atoms in total. The standard InChI is InChI=1S/C10H12N2O5S/c1-11-18(16,17)8-4-2-3-7(5-8)12-9(13)6-10(14)15/h2-5,11H,6H2,1H3,(H,12,13)(H,14,15). The predicted octanol–water partition coefficient (Wildman–Crippen LogP) is 0.00790. The average Bonchev–Trinajstić information content (AvgIpc) is 2.28. The highest BCUT2D eigenvalue weighted by Crippen LogP contribution is 2.15. The normalized spacial score (nSPS) is 10.9. The monoisotopic (exact) mass is 272 g/mol. The lowest BCUT2D eigenvalue weighted by atomic mass is 10.3. The largest absolute Gasteiger partial charge is 0.481 e. The quantitative estimate of drug-likeness (QED) is 0.653. The average molecular weight is 272 g/mol. The number of carbonyl (C=O) groups excluding carboxylic acids is 1. The first-order valence-electron chi connectivity index (χ1n) is 4.90. The van der Waals surface area contributed by atoms with Crippen LogP contribution < -0.4 is 10.0 Å². The van der Waals surface area contributed by atoms with E-state index in [-0.39, 0.29) is 10.6 Å². The molecular formula is C10H12N2O5S. The second-order valence-electron chi connectivity index (χ2n) is 3.35. The Hall–Kier alpha value is -1.93. The van der Waals surface area contributed by atoms with Crippen molar-refractivity contribution in [3.63, 3.8) is 0 Å². The van der Waals surface area contributed by atoms with Crippen LogP contribution in [0.2, 0.25) is 0 Å². The summed E-state index contributed by atoms with van der Waals surface area (Å²) in [5, 5.41) is 10.7. The molecule has 0 spiro atoms. The minimum atomic E-state index is -3.60. The van der Waals surface area contributed by atoms with E-state index in [9.17, 15) is 18.0 Å². The minimum absolute atomic E-state index is 0.0156. The molecule has 1 aromatic rings. The molecule has 0 bridgehead atoms. The molecule has 8 heteroatoms. The first kappa shape index (κ1) is 14.1. The summed E-state index contributed by atoms with van der Waals surface area (Å²) < 4.78 is 25.1. The van der Waals surface area contributed by atoms with Gasteiger partial charge in [0.2, 0.25) is 15.9 Å². The molecule has 0 saturated carbocycles. The highest BCUT2D eigenvalue weighted by molar-refractivity contribution is 7.89. The Balaban J connectivity index is 2.90. The molecule has 0 heterocycles. The maximum atomic E-state index is 11.5. The van der Waals surface area contributed by atoms with Crippen molar-refractivity contribution < 1.29 is 23.1 Å². The number of amides is 1. The topological polar surface area (TPSA) is 113 Å². The SMILES string of the molecule is CNS(=O)(=O)c1cccc(NC(=O)CC(=O)O)c1. The van der Waals surface area contributed by atoms with E-state index in [1.54, 1.807) is 0 Å². The molecule has 0 aromatic heterocycles. The number of hydrogen-bond acceptors (Lipinski definition) is 4. The third-order valence-electron chi connectivity index (χ3n) is 2.01. The van der Waals surface area contributed by atoms with E-state index in [0.717, 1.165) is 0 Å². The van der Waals surface area contributed by atoms with E-state index in [1.807, 2.05) is 0 Å². The number of carboxylic acid groups (broad SMARTS) is 1. The van der Waals surface area contributed by atoms with E-state index in [4.69, 9.17) is 5.11 Å². The van der Waals surface area contributed by atoms with Crippen LogP contribution >= 0.6 is 0 Å². The molecule has 0 radical (unpaired) electrons. The van der Waals surface area contributed by atoms with Gasteiger partial charge in [-0.1, -0.05) is 6.07 Å². The molecule has 3 N–H and O–H groups in total. The van der Waals surface area contributed by atoms with E-state index in [1.165, 1.54) is 31.3 Å². The molecule has 1 amide bonds. The Morgan fingerprint density at radius 2 is 2.00 bits per heavy atom. The van der Waals surface area contributed by atoms with Crippen molar-refractivity contribution >= 4 is 27.6 Å². The maximum absolute atomic E-state index is 11.5. The number of carbonyl (C=O) groups is 2. The maximum Gasteiger partial charge on any atom is 0.312 e. The molecule has 18 heavy (non-hydrogen) atoms. The van der Waals surface area contributed by atoms with Crippen LogP contribution in [-0.4, -0.2) is 32.4 Å². The Labute approximate surface area is 104 Å². The zero-order chi connectivity index (χ0) is 13.8. The van der Waals surface area contributed by atoms with E-state index < -0.39 is 28.3 Å². The molecule has 0 aliphatic heterocycles. The summed E-state index contributed by atoms with van der Waals surface area (Å²) in [7, 11) is -2.33. The Morgan fingerprint density at radius 1 is 1.33 bits per heavy atom. The van der Waals surface area contributed by atoms with Crippen molar-refractivity contribution in [2.24, 2.45) is 0 Å². The third-order valence-corrected chi connectivity index (χ3v) is 3.42. The Bertz CT molecular complexity index is 567. The van der Waals surface area contributed by atoms with Gasteiger partial charge in [-0.25, -0.2) is 13.1 Å². The molecule has 0 aliphatic carbocycles. The van der Waals surface area contributed by atoms with E-state index in [2.05, 4.69) is 10.0 Å². The van der Waals surface area contributed by atoms with Gasteiger partial charge in [-0.15, -0.1) is 0 Å². The van der Waals surface area contributed by atoms with Crippen molar-refractivity contribution in [1.82, 2.24) is 4.72 Å². The fraction of sp³-hybridized carbons (Fsp3) is 0.200. The molecule has 0 unspecified atom stereocenters. The van der Waals surface area contributed by atoms with Crippen molar-refractivity contribution in [3.8, 4) is 0 Å². The fourth-order valence-electron chi connectivity index (χ4n) is 1.20. The van der Waals surface area contributed by atoms with Crippen molar-refractivity contribution in [2.75, 3.05) is 12.4 Å². The number of sulfonamides is 1. The summed E-state index contributed by atoms with van der Waals surface area (Å²) in [6.07, 6.45) is -0.678. The molecule has 0 saturated heterocycles. The van der Waals surface area contributed by atoms with Crippen LogP contribution in [-0.2, 0) is 19.6 Å². The van der Waals surface area contributed by atoms with Crippen LogP contribution in [0.25, 0.3) is 0 Å². The summed E-state index contributed by atoms with van der Waals surface area (Å²) in [6, 6.07) is 5.51. The van der Waals surface area contributed by atoms with Gasteiger partial charge in [0.1, 0.15) is 6.42 Å². The van der Waals surface area contributed by atoms with Crippen LogP contribution in [0.4, 0.5) is 5.69 Å². The lowest BCUT2D eigenvalue weighted by Gasteiger charge is -2.06. The summed E-state index contributed by atoms with van der Waals surface area (Å²) in [5.41, 5.74) is 0.220. The lowest BCUT2D eigenvalue weighted by Crippen LogP contribution is -2.19. The lowest BCUT2D eigenvalue weighted by molar-refractivity contribution is -0.139. The zero-order valence-electron chi connectivity index (χ0n) is 9.50. The van der Waals surface area contributed by atoms with Crippen LogP contribution in [0, 0.1) is 0 Å². The Morgan fingerprint density at radius 3 is 2.56 bits per heavy atom. The van der Waals surface area contributed by atoms with Gasteiger partial charge in [0.25, 0.3) is 0 Å². The van der Waals surface area contributed by atoms with Gasteiger partial charge < -0.3 is 10.4 Å². The van der Waals surface area contributed by atoms with Crippen molar-refractivity contribution in [3.05, 3.63) is 24.3 Å². The fourth-order valence-corrected chi connectivity index (χ4v) is 1.98. The van der Waals surface area contributed by atoms with Gasteiger partial charge in [-0.2, -0.15) is 0 Å². The van der Waals surface area contributed by atoms with Gasteiger partial charge >= 0.3 is 5.97 Å². The summed E-state index contributed by atoms with van der Waals surface area (Å²) >= 11 is 0. The number of hydrogen-bond donors (Lipinski definition) is 3. The van der Waals surface area contributed by atoms with Crippen LogP contribution in [0.3, 0.4) is 0 Å². The summed E-state index contributed by atoms with van der Waals surface area (Å²) in [5.74, 6) is -1.98. The molecule has 1 aromatic carbocycles. The first-order chi connectivity index (χ1) is 8.35. The minimum Gasteiger partial charge on any atom is -0.481 e. The number of benzene rings is 1. The molecule has 0 aliphatic rings. The highest BCUT2D eigenvalue weighted by Gasteiger charge is 2.13. The number of anilines is 1. The van der Waals surface area contributed by atoms with Gasteiger partial charge in [-0.05, 0) is 25.2 Å². The number of carboxylic acids is 1. The molecule has 0 atom stereocenters. The van der Waals surface area contributed by atoms with Crippen LogP contribution in [0.15, 0.2) is 29.2 Å². The van der Waals surface area contributed by atoms with Crippen molar-refractivity contribution in [2.45, 2.75) is 11.3 Å². The molecule has 0 fully saturated rings. The summed E-state index contributed by atoms with van der Waals surface area (Å²) in [6.45, 7) is 0. The molecule has 1 rings (SSSR count). The van der Waals surface area contributed by atoms with Gasteiger partial charge in [-0.3, -0.25) is 9.59 Å². The second kappa shape index (κ2) is 5.61. The van der Waals surface area contributed by atoms with Gasteiger partial charge in [0.15, 0.2) is 0 Å².